The van der Waals surface area contributed by atoms with E-state index in [1.165, 1.54) is 11.8 Å². The second-order valence-corrected chi connectivity index (χ2v) is 4.21. The summed E-state index contributed by atoms with van der Waals surface area (Å²) >= 11 is 7.23. The van der Waals surface area contributed by atoms with Crippen LogP contribution in [0.3, 0.4) is 0 Å². The average molecular weight is 229 g/mol. The van der Waals surface area contributed by atoms with Crippen LogP contribution in [0.5, 0.6) is 0 Å². The van der Waals surface area contributed by atoms with Gasteiger partial charge in [0.05, 0.1) is 11.4 Å². The summed E-state index contributed by atoms with van der Waals surface area (Å²) < 4.78 is 0. The quantitative estimate of drug-likeness (QED) is 0.454. The Morgan fingerprint density at radius 1 is 1.57 bits per heavy atom. The molecule has 0 fully saturated rings. The molecule has 0 radical (unpaired) electrons. The van der Waals surface area contributed by atoms with E-state index in [1.54, 1.807) is 11.0 Å². The third-order valence-electron chi connectivity index (χ3n) is 2.05. The first kappa shape index (κ1) is 9.68. The van der Waals surface area contributed by atoms with Crippen LogP contribution in [0.2, 0.25) is 0 Å². The monoisotopic (exact) mass is 228 g/mol. The van der Waals surface area contributed by atoms with Gasteiger partial charge in [0, 0.05) is 10.6 Å². The molecule has 1 aromatic carbocycles. The number of rotatable bonds is 1. The second kappa shape index (κ2) is 3.71. The molecule has 0 saturated carbocycles. The molecule has 1 aromatic rings. The highest BCUT2D eigenvalue weighted by atomic mass is 35.5. The molecule has 3 nitrogen and oxygen atoms in total. The van der Waals surface area contributed by atoms with Gasteiger partial charge in [-0.05, 0) is 18.2 Å². The van der Waals surface area contributed by atoms with Crippen LogP contribution in [0, 0.1) is 0 Å². The molecule has 0 saturated heterocycles. The van der Waals surface area contributed by atoms with E-state index < -0.39 is 0 Å². The van der Waals surface area contributed by atoms with Crippen LogP contribution in [0.15, 0.2) is 23.1 Å². The number of fused-ring (bicyclic) bond motifs is 1. The number of alkyl halides is 1. The van der Waals surface area contributed by atoms with Gasteiger partial charge in [0.25, 0.3) is 0 Å². The second-order valence-electron chi connectivity index (χ2n) is 2.96. The predicted molar refractivity (Wildman–Crippen MR) is 59.8 cm³/mol. The fourth-order valence-corrected chi connectivity index (χ4v) is 2.53. The molecule has 1 amide bonds. The molecule has 74 valence electrons. The smallest absolute Gasteiger partial charge is 0.238 e. The van der Waals surface area contributed by atoms with E-state index in [0.29, 0.717) is 11.4 Å². The number of carbonyl (C=O) groups excluding carboxylic acids is 1. The third kappa shape index (κ3) is 1.55. The zero-order valence-corrected chi connectivity index (χ0v) is 8.94. The standard InChI is InChI=1S/C9H9ClN2OS/c10-5-12-7-3-6(11)1-2-8(7)14-4-9(12)13/h1-3H,4-5,11H2. The molecule has 0 aliphatic carbocycles. The molecule has 0 spiro atoms. The summed E-state index contributed by atoms with van der Waals surface area (Å²) in [4.78, 5) is 14.1. The van der Waals surface area contributed by atoms with Gasteiger partial charge in [-0.1, -0.05) is 0 Å². The van der Waals surface area contributed by atoms with Gasteiger partial charge in [-0.25, -0.2) is 0 Å². The maximum atomic E-state index is 11.5. The number of nitrogen functional groups attached to an aromatic ring is 1. The molecule has 1 aliphatic rings. The summed E-state index contributed by atoms with van der Waals surface area (Å²) in [6.45, 7) is 0. The summed E-state index contributed by atoms with van der Waals surface area (Å²) in [7, 11) is 0. The van der Waals surface area contributed by atoms with Crippen molar-refractivity contribution in [1.82, 2.24) is 0 Å². The van der Waals surface area contributed by atoms with Crippen molar-refractivity contribution < 1.29 is 4.79 Å². The van der Waals surface area contributed by atoms with Crippen LogP contribution in [0.25, 0.3) is 0 Å². The van der Waals surface area contributed by atoms with Crippen LogP contribution in [0.4, 0.5) is 11.4 Å². The number of halogens is 1. The van der Waals surface area contributed by atoms with E-state index in [9.17, 15) is 4.79 Å². The van der Waals surface area contributed by atoms with Crippen LogP contribution in [-0.4, -0.2) is 17.7 Å². The summed E-state index contributed by atoms with van der Waals surface area (Å²) in [5, 5.41) is 0. The highest BCUT2D eigenvalue weighted by molar-refractivity contribution is 8.00. The Bertz CT molecular complexity index is 383. The van der Waals surface area contributed by atoms with E-state index >= 15 is 0 Å². The number of thioether (sulfide) groups is 1. The van der Waals surface area contributed by atoms with E-state index in [4.69, 9.17) is 17.3 Å². The number of anilines is 2. The number of carbonyl (C=O) groups is 1. The first-order valence-electron chi connectivity index (χ1n) is 4.11. The van der Waals surface area contributed by atoms with Gasteiger partial charge < -0.3 is 5.73 Å². The van der Waals surface area contributed by atoms with E-state index in [-0.39, 0.29) is 11.9 Å². The van der Waals surface area contributed by atoms with Crippen LogP contribution < -0.4 is 10.6 Å². The number of nitrogens with two attached hydrogens (primary N) is 1. The van der Waals surface area contributed by atoms with Crippen molar-refractivity contribution in [3.63, 3.8) is 0 Å². The highest BCUT2D eigenvalue weighted by Crippen LogP contribution is 2.36. The first-order valence-corrected chi connectivity index (χ1v) is 5.63. The van der Waals surface area contributed by atoms with Crippen molar-refractivity contribution in [3.8, 4) is 0 Å². The lowest BCUT2D eigenvalue weighted by Crippen LogP contribution is -2.34. The number of nitrogens with zero attached hydrogens (tertiary/aromatic N) is 1. The number of hydrogen-bond donors (Lipinski definition) is 1. The first-order chi connectivity index (χ1) is 6.72. The van der Waals surface area contributed by atoms with Crippen molar-refractivity contribution in [3.05, 3.63) is 18.2 Å². The van der Waals surface area contributed by atoms with Gasteiger partial charge in [0.15, 0.2) is 0 Å². The molecule has 5 heteroatoms. The Morgan fingerprint density at radius 2 is 2.36 bits per heavy atom. The normalized spacial score (nSPS) is 15.5. The molecule has 2 N–H and O–H groups in total. The average Bonchev–Trinajstić information content (AvgIpc) is 2.17. The van der Waals surface area contributed by atoms with Crippen molar-refractivity contribution in [1.29, 1.82) is 0 Å². The number of benzene rings is 1. The van der Waals surface area contributed by atoms with Crippen molar-refractivity contribution in [2.24, 2.45) is 0 Å². The molecule has 0 unspecified atom stereocenters. The molecule has 2 rings (SSSR count). The number of amides is 1. The number of hydrogen-bond acceptors (Lipinski definition) is 3. The summed E-state index contributed by atoms with van der Waals surface area (Å²) in [5.74, 6) is 0.479. The lowest BCUT2D eigenvalue weighted by Gasteiger charge is -2.26. The fraction of sp³-hybridized carbons (Fsp3) is 0.222. The Morgan fingerprint density at radius 3 is 3.07 bits per heavy atom. The maximum absolute atomic E-state index is 11.5. The lowest BCUT2D eigenvalue weighted by atomic mass is 10.2. The lowest BCUT2D eigenvalue weighted by molar-refractivity contribution is -0.116. The summed E-state index contributed by atoms with van der Waals surface area (Å²) in [5.41, 5.74) is 7.12. The minimum atomic E-state index is 0.0306. The van der Waals surface area contributed by atoms with E-state index in [0.717, 1.165) is 10.6 Å². The molecule has 0 aromatic heterocycles. The Hall–Kier alpha value is -0.870. The molecule has 1 heterocycles. The van der Waals surface area contributed by atoms with E-state index in [2.05, 4.69) is 0 Å². The van der Waals surface area contributed by atoms with Gasteiger partial charge in [-0.15, -0.1) is 23.4 Å². The largest absolute Gasteiger partial charge is 0.399 e. The van der Waals surface area contributed by atoms with Crippen LogP contribution in [-0.2, 0) is 4.79 Å². The molecule has 14 heavy (non-hydrogen) atoms. The predicted octanol–water partition coefficient (Wildman–Crippen LogP) is 1.90. The topological polar surface area (TPSA) is 46.3 Å². The third-order valence-corrected chi connectivity index (χ3v) is 3.33. The molecular formula is C9H9ClN2OS. The minimum Gasteiger partial charge on any atom is -0.399 e. The fourth-order valence-electron chi connectivity index (χ4n) is 1.35. The van der Waals surface area contributed by atoms with Gasteiger partial charge in [-0.2, -0.15) is 0 Å². The maximum Gasteiger partial charge on any atom is 0.238 e. The zero-order valence-electron chi connectivity index (χ0n) is 7.37. The van der Waals surface area contributed by atoms with Crippen LogP contribution >= 0.6 is 23.4 Å². The Kier molecular flexibility index (Phi) is 2.56. The van der Waals surface area contributed by atoms with Crippen molar-refractivity contribution in [2.45, 2.75) is 4.90 Å². The van der Waals surface area contributed by atoms with Gasteiger partial charge in [-0.3, -0.25) is 9.69 Å². The minimum absolute atomic E-state index is 0.0306. The van der Waals surface area contributed by atoms with Crippen molar-refractivity contribution in [2.75, 3.05) is 22.4 Å². The van der Waals surface area contributed by atoms with Gasteiger partial charge >= 0.3 is 0 Å². The van der Waals surface area contributed by atoms with Crippen LogP contribution in [0.1, 0.15) is 0 Å². The van der Waals surface area contributed by atoms with Gasteiger partial charge in [0.2, 0.25) is 5.91 Å². The molecule has 1 aliphatic heterocycles. The highest BCUT2D eigenvalue weighted by Gasteiger charge is 2.23. The van der Waals surface area contributed by atoms with E-state index in [1.807, 2.05) is 12.1 Å². The summed E-state index contributed by atoms with van der Waals surface area (Å²) in [6, 6.07) is 5.70. The van der Waals surface area contributed by atoms with Gasteiger partial charge in [0.1, 0.15) is 6.00 Å². The molecule has 0 bridgehead atoms. The zero-order chi connectivity index (χ0) is 10.1. The molecular weight excluding hydrogens is 220 g/mol. The Labute approximate surface area is 91.2 Å². The molecule has 0 atom stereocenters. The Balaban J connectivity index is 2.49. The van der Waals surface area contributed by atoms with Crippen molar-refractivity contribution >= 4 is 40.6 Å². The summed E-state index contributed by atoms with van der Waals surface area (Å²) in [6.07, 6.45) is 0. The SMILES string of the molecule is Nc1ccc2c(c1)N(CCl)C(=O)CS2.